The van der Waals surface area contributed by atoms with Gasteiger partial charge < -0.3 is 15.5 Å². The number of hydrogen-bond acceptors (Lipinski definition) is 5. The van der Waals surface area contributed by atoms with E-state index < -0.39 is 6.10 Å². The van der Waals surface area contributed by atoms with Crippen molar-refractivity contribution in [2.24, 2.45) is 0 Å². The fraction of sp³-hybridized carbons (Fsp3) is 0.308. The summed E-state index contributed by atoms with van der Waals surface area (Å²) in [5.74, 6) is 0. The third kappa shape index (κ3) is 3.07. The molecule has 0 bridgehead atoms. The summed E-state index contributed by atoms with van der Waals surface area (Å²) in [4.78, 5) is 4.46. The van der Waals surface area contributed by atoms with E-state index in [9.17, 15) is 5.11 Å². The average Bonchev–Trinajstić information content (AvgIpc) is 2.83. The highest BCUT2D eigenvalue weighted by Crippen LogP contribution is 2.28. The number of thiazole rings is 1. The van der Waals surface area contributed by atoms with Crippen LogP contribution in [-0.2, 0) is 0 Å². The molecule has 1 heterocycles. The number of para-hydroxylation sites is 1. The molecule has 96 valence electrons. The number of rotatable bonds is 5. The lowest BCUT2D eigenvalue weighted by Crippen LogP contribution is -2.23. The normalized spacial score (nSPS) is 12.4. The van der Waals surface area contributed by atoms with Crippen LogP contribution in [0.5, 0.6) is 0 Å². The number of aromatic nitrogens is 1. The van der Waals surface area contributed by atoms with Crippen LogP contribution in [0.15, 0.2) is 29.6 Å². The zero-order valence-corrected chi connectivity index (χ0v) is 10.9. The van der Waals surface area contributed by atoms with Crippen molar-refractivity contribution in [2.75, 3.05) is 18.5 Å². The molecule has 1 atom stereocenters. The minimum Gasteiger partial charge on any atom is -0.394 e. The van der Waals surface area contributed by atoms with E-state index in [2.05, 4.69) is 10.3 Å². The number of aliphatic hydroxyl groups is 2. The van der Waals surface area contributed by atoms with Gasteiger partial charge >= 0.3 is 0 Å². The van der Waals surface area contributed by atoms with Crippen molar-refractivity contribution in [3.8, 4) is 11.3 Å². The number of hydrogen-bond donors (Lipinski definition) is 3. The molecule has 0 spiro atoms. The average molecular weight is 264 g/mol. The molecule has 4 nitrogen and oxygen atoms in total. The van der Waals surface area contributed by atoms with Crippen LogP contribution in [0.1, 0.15) is 5.01 Å². The summed E-state index contributed by atoms with van der Waals surface area (Å²) < 4.78 is 0. The molecule has 0 saturated carbocycles. The fourth-order valence-corrected chi connectivity index (χ4v) is 2.25. The van der Waals surface area contributed by atoms with Crippen molar-refractivity contribution in [3.05, 3.63) is 34.7 Å². The third-order valence-electron chi connectivity index (χ3n) is 2.56. The summed E-state index contributed by atoms with van der Waals surface area (Å²) in [6, 6.07) is 7.81. The minimum absolute atomic E-state index is 0.245. The zero-order valence-electron chi connectivity index (χ0n) is 10.1. The number of anilines is 1. The van der Waals surface area contributed by atoms with E-state index in [1.54, 1.807) is 11.3 Å². The first-order chi connectivity index (χ1) is 8.70. The first-order valence-electron chi connectivity index (χ1n) is 5.75. The van der Waals surface area contributed by atoms with Gasteiger partial charge in [0.15, 0.2) is 0 Å². The molecule has 0 aliphatic heterocycles. The van der Waals surface area contributed by atoms with Gasteiger partial charge in [-0.1, -0.05) is 18.2 Å². The minimum atomic E-state index is -0.754. The van der Waals surface area contributed by atoms with Crippen LogP contribution in [0.2, 0.25) is 0 Å². The molecular weight excluding hydrogens is 248 g/mol. The van der Waals surface area contributed by atoms with Crippen molar-refractivity contribution < 1.29 is 10.2 Å². The topological polar surface area (TPSA) is 65.4 Å². The summed E-state index contributed by atoms with van der Waals surface area (Å²) in [6.07, 6.45) is -0.754. The van der Waals surface area contributed by atoms with Gasteiger partial charge in [0.1, 0.15) is 0 Å². The van der Waals surface area contributed by atoms with Gasteiger partial charge in [-0.05, 0) is 13.0 Å². The van der Waals surface area contributed by atoms with E-state index in [4.69, 9.17) is 5.11 Å². The molecule has 2 aromatic rings. The van der Waals surface area contributed by atoms with Crippen LogP contribution < -0.4 is 5.32 Å². The van der Waals surface area contributed by atoms with Gasteiger partial charge in [0.05, 0.1) is 23.4 Å². The van der Waals surface area contributed by atoms with Gasteiger partial charge in [-0.15, -0.1) is 11.3 Å². The van der Waals surface area contributed by atoms with Crippen LogP contribution in [0.4, 0.5) is 5.69 Å². The lowest BCUT2D eigenvalue weighted by molar-refractivity contribution is 0.105. The Morgan fingerprint density at radius 3 is 2.83 bits per heavy atom. The molecular formula is C13H16N2O2S. The third-order valence-corrected chi connectivity index (χ3v) is 3.33. The van der Waals surface area contributed by atoms with Gasteiger partial charge in [0.25, 0.3) is 0 Å². The Bertz CT molecular complexity index is 513. The van der Waals surface area contributed by atoms with Crippen LogP contribution in [0, 0.1) is 6.92 Å². The lowest BCUT2D eigenvalue weighted by Gasteiger charge is -2.13. The largest absolute Gasteiger partial charge is 0.394 e. The smallest absolute Gasteiger partial charge is 0.0942 e. The monoisotopic (exact) mass is 264 g/mol. The molecule has 0 radical (unpaired) electrons. The van der Waals surface area contributed by atoms with E-state index in [1.165, 1.54) is 0 Å². The molecule has 1 aromatic heterocycles. The standard InChI is InChI=1S/C13H16N2O2S/c1-9-15-13(8-18-9)11-4-2-3-5-12(11)14-6-10(17)7-16/h2-5,8,10,14,16-17H,6-7H2,1H3. The van der Waals surface area contributed by atoms with Gasteiger partial charge in [-0.3, -0.25) is 0 Å². The Labute approximate surface area is 110 Å². The maximum Gasteiger partial charge on any atom is 0.0942 e. The van der Waals surface area contributed by atoms with E-state index in [0.29, 0.717) is 6.54 Å². The number of benzene rings is 1. The zero-order chi connectivity index (χ0) is 13.0. The first-order valence-corrected chi connectivity index (χ1v) is 6.63. The maximum atomic E-state index is 9.36. The Kier molecular flexibility index (Phi) is 4.30. The van der Waals surface area contributed by atoms with Gasteiger partial charge in [-0.25, -0.2) is 4.98 Å². The lowest BCUT2D eigenvalue weighted by atomic mass is 10.1. The van der Waals surface area contributed by atoms with Gasteiger partial charge in [-0.2, -0.15) is 0 Å². The second-order valence-corrected chi connectivity index (χ2v) is 5.08. The predicted molar refractivity (Wildman–Crippen MR) is 73.9 cm³/mol. The van der Waals surface area contributed by atoms with Crippen LogP contribution in [-0.4, -0.2) is 34.5 Å². The number of nitrogens with one attached hydrogen (secondary N) is 1. The highest BCUT2D eigenvalue weighted by molar-refractivity contribution is 7.09. The quantitative estimate of drug-likeness (QED) is 0.771. The van der Waals surface area contributed by atoms with Crippen molar-refractivity contribution in [1.29, 1.82) is 0 Å². The number of nitrogens with zero attached hydrogens (tertiary/aromatic N) is 1. The molecule has 1 unspecified atom stereocenters. The van der Waals surface area contributed by atoms with E-state index in [1.807, 2.05) is 36.6 Å². The molecule has 0 aliphatic rings. The summed E-state index contributed by atoms with van der Waals surface area (Å²) in [7, 11) is 0. The van der Waals surface area contributed by atoms with Crippen LogP contribution in [0.3, 0.4) is 0 Å². The SMILES string of the molecule is Cc1nc(-c2ccccc2NCC(O)CO)cs1. The Balaban J connectivity index is 2.20. The molecule has 0 amide bonds. The molecule has 0 saturated heterocycles. The maximum absolute atomic E-state index is 9.36. The van der Waals surface area contributed by atoms with Gasteiger partial charge in [0.2, 0.25) is 0 Å². The molecule has 5 heteroatoms. The van der Waals surface area contributed by atoms with E-state index >= 15 is 0 Å². The van der Waals surface area contributed by atoms with Gasteiger partial charge in [0, 0.05) is 23.2 Å². The summed E-state index contributed by atoms with van der Waals surface area (Å²) in [5.41, 5.74) is 2.85. The second kappa shape index (κ2) is 5.95. The second-order valence-electron chi connectivity index (χ2n) is 4.01. The van der Waals surface area contributed by atoms with Crippen molar-refractivity contribution >= 4 is 17.0 Å². The number of aliphatic hydroxyl groups excluding tert-OH is 2. The first kappa shape index (κ1) is 13.0. The highest BCUT2D eigenvalue weighted by Gasteiger charge is 2.08. The van der Waals surface area contributed by atoms with Crippen molar-refractivity contribution in [1.82, 2.24) is 4.98 Å². The van der Waals surface area contributed by atoms with E-state index in [-0.39, 0.29) is 6.61 Å². The molecule has 18 heavy (non-hydrogen) atoms. The molecule has 0 aliphatic carbocycles. The predicted octanol–water partition coefficient (Wildman–Crippen LogP) is 1.88. The summed E-state index contributed by atoms with van der Waals surface area (Å²) in [5, 5.41) is 24.3. The fourth-order valence-electron chi connectivity index (χ4n) is 1.64. The Hall–Kier alpha value is -1.43. The van der Waals surface area contributed by atoms with Crippen LogP contribution >= 0.6 is 11.3 Å². The van der Waals surface area contributed by atoms with Crippen molar-refractivity contribution in [2.45, 2.75) is 13.0 Å². The van der Waals surface area contributed by atoms with Crippen LogP contribution in [0.25, 0.3) is 11.3 Å². The van der Waals surface area contributed by atoms with E-state index in [0.717, 1.165) is 22.0 Å². The Morgan fingerprint density at radius 1 is 1.39 bits per heavy atom. The van der Waals surface area contributed by atoms with Crippen molar-refractivity contribution in [3.63, 3.8) is 0 Å². The molecule has 1 aromatic carbocycles. The Morgan fingerprint density at radius 2 is 2.17 bits per heavy atom. The molecule has 3 N–H and O–H groups in total. The highest BCUT2D eigenvalue weighted by atomic mass is 32.1. The molecule has 2 rings (SSSR count). The number of aryl methyl sites for hydroxylation is 1. The summed E-state index contributed by atoms with van der Waals surface area (Å²) in [6.45, 7) is 2.04. The summed E-state index contributed by atoms with van der Waals surface area (Å²) >= 11 is 1.61. The molecule has 0 fully saturated rings.